The van der Waals surface area contributed by atoms with Gasteiger partial charge in [0, 0.05) is 0 Å². The van der Waals surface area contributed by atoms with Crippen molar-refractivity contribution < 1.29 is 27.1 Å². The van der Waals surface area contributed by atoms with Gasteiger partial charge in [-0.25, -0.2) is 9.18 Å². The van der Waals surface area contributed by atoms with E-state index in [1.807, 2.05) is 0 Å². The number of benzene rings is 2. The number of ether oxygens (including phenoxy) is 1. The molecular formula is C15H10F4O2. The number of hydrogen-bond donors (Lipinski definition) is 0. The van der Waals surface area contributed by atoms with Gasteiger partial charge in [-0.3, -0.25) is 0 Å². The van der Waals surface area contributed by atoms with E-state index in [2.05, 4.69) is 0 Å². The summed E-state index contributed by atoms with van der Waals surface area (Å²) >= 11 is 0. The zero-order chi connectivity index (χ0) is 15.6. The van der Waals surface area contributed by atoms with E-state index in [1.54, 1.807) is 19.1 Å². The molecule has 0 amide bonds. The Bertz CT molecular complexity index is 678. The van der Waals surface area contributed by atoms with Crippen LogP contribution in [0.2, 0.25) is 0 Å². The fourth-order valence-corrected chi connectivity index (χ4v) is 1.75. The lowest BCUT2D eigenvalue weighted by Gasteiger charge is -2.11. The molecule has 110 valence electrons. The van der Waals surface area contributed by atoms with Gasteiger partial charge in [0.1, 0.15) is 11.6 Å². The van der Waals surface area contributed by atoms with Crippen molar-refractivity contribution in [2.75, 3.05) is 0 Å². The Balaban J connectivity index is 2.32. The fraction of sp³-hybridized carbons (Fsp3) is 0.133. The molecule has 2 aromatic carbocycles. The Kier molecular flexibility index (Phi) is 3.97. The number of carbonyl (C=O) groups is 1. The first-order valence-electron chi connectivity index (χ1n) is 5.93. The van der Waals surface area contributed by atoms with Gasteiger partial charge >= 0.3 is 12.1 Å². The standard InChI is InChI=1S/C15H10F4O2/c1-9-4-2-5-10(8-9)21-14(20)11-6-3-7-12(13(11)16)15(17,18)19/h2-8H,1H3. The lowest BCUT2D eigenvalue weighted by Crippen LogP contribution is -2.15. The number of aryl methyl sites for hydroxylation is 1. The summed E-state index contributed by atoms with van der Waals surface area (Å²) in [5.74, 6) is -2.68. The summed E-state index contributed by atoms with van der Waals surface area (Å²) in [7, 11) is 0. The van der Waals surface area contributed by atoms with Gasteiger partial charge in [0.05, 0.1) is 11.1 Å². The van der Waals surface area contributed by atoms with Gasteiger partial charge in [-0.2, -0.15) is 13.2 Å². The second kappa shape index (κ2) is 5.55. The molecule has 2 nitrogen and oxygen atoms in total. The third kappa shape index (κ3) is 3.39. The number of rotatable bonds is 2. The van der Waals surface area contributed by atoms with Crippen LogP contribution in [-0.4, -0.2) is 5.97 Å². The van der Waals surface area contributed by atoms with Crippen LogP contribution in [0, 0.1) is 12.7 Å². The molecule has 0 aliphatic heterocycles. The fourth-order valence-electron chi connectivity index (χ4n) is 1.75. The van der Waals surface area contributed by atoms with E-state index in [0.717, 1.165) is 17.7 Å². The predicted molar refractivity (Wildman–Crippen MR) is 67.5 cm³/mol. The Morgan fingerprint density at radius 2 is 1.76 bits per heavy atom. The number of esters is 1. The van der Waals surface area contributed by atoms with Crippen LogP contribution in [0.5, 0.6) is 5.75 Å². The molecule has 0 aromatic heterocycles. The molecule has 0 aliphatic rings. The molecule has 0 atom stereocenters. The lowest BCUT2D eigenvalue weighted by molar-refractivity contribution is -0.140. The predicted octanol–water partition coefficient (Wildman–Crippen LogP) is 4.37. The van der Waals surface area contributed by atoms with E-state index in [0.29, 0.717) is 6.07 Å². The molecule has 0 fully saturated rings. The smallest absolute Gasteiger partial charge is 0.419 e. The quantitative estimate of drug-likeness (QED) is 0.467. The van der Waals surface area contributed by atoms with Gasteiger partial charge in [-0.1, -0.05) is 18.2 Å². The maximum atomic E-state index is 13.8. The minimum atomic E-state index is -4.87. The Morgan fingerprint density at radius 1 is 1.10 bits per heavy atom. The molecule has 21 heavy (non-hydrogen) atoms. The zero-order valence-electron chi connectivity index (χ0n) is 10.9. The van der Waals surface area contributed by atoms with E-state index in [-0.39, 0.29) is 5.75 Å². The highest BCUT2D eigenvalue weighted by molar-refractivity contribution is 5.91. The molecule has 0 spiro atoms. The van der Waals surface area contributed by atoms with Crippen LogP contribution in [-0.2, 0) is 6.18 Å². The van der Waals surface area contributed by atoms with E-state index in [4.69, 9.17) is 4.74 Å². The molecule has 2 rings (SSSR count). The molecule has 0 N–H and O–H groups in total. The molecule has 0 radical (unpaired) electrons. The highest BCUT2D eigenvalue weighted by Gasteiger charge is 2.36. The molecule has 0 heterocycles. The molecule has 0 saturated carbocycles. The number of carbonyl (C=O) groups excluding carboxylic acids is 1. The molecule has 0 unspecified atom stereocenters. The van der Waals surface area contributed by atoms with E-state index >= 15 is 0 Å². The summed E-state index contributed by atoms with van der Waals surface area (Å²) in [4.78, 5) is 11.8. The topological polar surface area (TPSA) is 26.3 Å². The van der Waals surface area contributed by atoms with Crippen molar-refractivity contribution in [3.63, 3.8) is 0 Å². The molecule has 2 aromatic rings. The number of hydrogen-bond acceptors (Lipinski definition) is 2. The van der Waals surface area contributed by atoms with Gasteiger partial charge in [0.15, 0.2) is 0 Å². The molecule has 0 bridgehead atoms. The third-order valence-corrected chi connectivity index (χ3v) is 2.72. The van der Waals surface area contributed by atoms with Crippen molar-refractivity contribution in [2.45, 2.75) is 13.1 Å². The summed E-state index contributed by atoms with van der Waals surface area (Å²) in [6, 6.07) is 8.81. The first kappa shape index (κ1) is 15.0. The normalized spacial score (nSPS) is 11.3. The van der Waals surface area contributed by atoms with Gasteiger partial charge in [0.25, 0.3) is 0 Å². The maximum absolute atomic E-state index is 13.8. The highest BCUT2D eigenvalue weighted by Crippen LogP contribution is 2.32. The van der Waals surface area contributed by atoms with Gasteiger partial charge in [-0.15, -0.1) is 0 Å². The van der Waals surface area contributed by atoms with E-state index in [9.17, 15) is 22.4 Å². The van der Waals surface area contributed by atoms with Crippen LogP contribution in [0.4, 0.5) is 17.6 Å². The minimum Gasteiger partial charge on any atom is -0.423 e. The second-order valence-electron chi connectivity index (χ2n) is 4.37. The van der Waals surface area contributed by atoms with Crippen molar-refractivity contribution in [1.82, 2.24) is 0 Å². The monoisotopic (exact) mass is 298 g/mol. The van der Waals surface area contributed by atoms with Gasteiger partial charge < -0.3 is 4.74 Å². The second-order valence-corrected chi connectivity index (χ2v) is 4.37. The van der Waals surface area contributed by atoms with Crippen molar-refractivity contribution >= 4 is 5.97 Å². The summed E-state index contributed by atoms with van der Waals surface area (Å²) in [6.07, 6.45) is -4.87. The van der Waals surface area contributed by atoms with Gasteiger partial charge in [0.2, 0.25) is 0 Å². The number of alkyl halides is 3. The van der Waals surface area contributed by atoms with E-state index in [1.165, 1.54) is 12.1 Å². The summed E-state index contributed by atoms with van der Waals surface area (Å²) in [5.41, 5.74) is -1.46. The zero-order valence-corrected chi connectivity index (χ0v) is 10.9. The van der Waals surface area contributed by atoms with Crippen LogP contribution in [0.15, 0.2) is 42.5 Å². The van der Waals surface area contributed by atoms with Crippen LogP contribution in [0.1, 0.15) is 21.5 Å². The minimum absolute atomic E-state index is 0.136. The maximum Gasteiger partial charge on any atom is 0.419 e. The Labute approximate surface area is 118 Å². The third-order valence-electron chi connectivity index (χ3n) is 2.72. The van der Waals surface area contributed by atoms with Crippen LogP contribution < -0.4 is 4.74 Å². The lowest BCUT2D eigenvalue weighted by atomic mass is 10.1. The first-order valence-corrected chi connectivity index (χ1v) is 5.93. The average molecular weight is 298 g/mol. The van der Waals surface area contributed by atoms with Crippen LogP contribution in [0.3, 0.4) is 0 Å². The summed E-state index contributed by atoms with van der Waals surface area (Å²) in [6.45, 7) is 1.75. The SMILES string of the molecule is Cc1cccc(OC(=O)c2cccc(C(F)(F)F)c2F)c1. The molecule has 6 heteroatoms. The average Bonchev–Trinajstić information content (AvgIpc) is 2.37. The first-order chi connectivity index (χ1) is 9.79. The largest absolute Gasteiger partial charge is 0.423 e. The molecular weight excluding hydrogens is 288 g/mol. The van der Waals surface area contributed by atoms with Crippen molar-refractivity contribution in [3.05, 3.63) is 65.0 Å². The molecule has 0 aliphatic carbocycles. The van der Waals surface area contributed by atoms with Crippen LogP contribution in [0.25, 0.3) is 0 Å². The van der Waals surface area contributed by atoms with Gasteiger partial charge in [-0.05, 0) is 36.8 Å². The van der Waals surface area contributed by atoms with Crippen molar-refractivity contribution in [3.8, 4) is 5.75 Å². The highest BCUT2D eigenvalue weighted by atomic mass is 19.4. The van der Waals surface area contributed by atoms with Crippen molar-refractivity contribution in [2.24, 2.45) is 0 Å². The Morgan fingerprint density at radius 3 is 2.38 bits per heavy atom. The Hall–Kier alpha value is -2.37. The summed E-state index contributed by atoms with van der Waals surface area (Å²) < 4.78 is 56.4. The summed E-state index contributed by atoms with van der Waals surface area (Å²) in [5, 5.41) is 0. The van der Waals surface area contributed by atoms with E-state index < -0.39 is 29.1 Å². The van der Waals surface area contributed by atoms with Crippen LogP contribution >= 0.6 is 0 Å². The number of halogens is 4. The van der Waals surface area contributed by atoms with Crippen molar-refractivity contribution in [1.29, 1.82) is 0 Å². The molecule has 0 saturated heterocycles.